The number of benzene rings is 2. The van der Waals surface area contributed by atoms with Crippen LogP contribution in [0.2, 0.25) is 0 Å². The lowest BCUT2D eigenvalue weighted by atomic mass is 10.1. The Hall–Kier alpha value is -2.40. The zero-order valence-electron chi connectivity index (χ0n) is 13.5. The van der Waals surface area contributed by atoms with Crippen molar-refractivity contribution in [2.75, 3.05) is 6.54 Å². The summed E-state index contributed by atoms with van der Waals surface area (Å²) in [6.07, 6.45) is 2.74. The lowest BCUT2D eigenvalue weighted by molar-refractivity contribution is 0.629. The second-order valence-corrected chi connectivity index (χ2v) is 6.19. The summed E-state index contributed by atoms with van der Waals surface area (Å²) in [6.45, 7) is 2.80. The number of fused-ring (bicyclic) bond motifs is 1. The molecule has 2 aromatic carbocycles. The van der Waals surface area contributed by atoms with Crippen molar-refractivity contribution in [3.63, 3.8) is 0 Å². The van der Waals surface area contributed by atoms with Gasteiger partial charge in [-0.25, -0.2) is 4.39 Å². The highest BCUT2D eigenvalue weighted by Crippen LogP contribution is 2.19. The second kappa shape index (κ2) is 7.45. The standard InChI is InChI=1S/C19H20FN3S/c1-13(14-5-3-2-4-6-14)23-19(24)21-10-9-15-12-22-18-11-16(20)7-8-17(15)18/h2-8,11-13,22H,9-10H2,1H3,(H2,21,23,24). The maximum atomic E-state index is 13.2. The summed E-state index contributed by atoms with van der Waals surface area (Å²) in [5.74, 6) is -0.227. The van der Waals surface area contributed by atoms with Gasteiger partial charge in [0.1, 0.15) is 5.82 Å². The first-order valence-corrected chi connectivity index (χ1v) is 8.39. The van der Waals surface area contributed by atoms with E-state index in [4.69, 9.17) is 12.2 Å². The van der Waals surface area contributed by atoms with E-state index >= 15 is 0 Å². The van der Waals surface area contributed by atoms with Crippen LogP contribution in [-0.2, 0) is 6.42 Å². The van der Waals surface area contributed by atoms with Crippen molar-refractivity contribution in [2.24, 2.45) is 0 Å². The average Bonchev–Trinajstić information content (AvgIpc) is 2.97. The van der Waals surface area contributed by atoms with Gasteiger partial charge in [-0.15, -0.1) is 0 Å². The molecular weight excluding hydrogens is 321 g/mol. The van der Waals surface area contributed by atoms with Crippen LogP contribution in [0.5, 0.6) is 0 Å². The molecule has 5 heteroatoms. The molecular formula is C19H20FN3S. The highest BCUT2D eigenvalue weighted by atomic mass is 32.1. The molecule has 1 unspecified atom stereocenters. The minimum Gasteiger partial charge on any atom is -0.362 e. The highest BCUT2D eigenvalue weighted by Gasteiger charge is 2.07. The Bertz CT molecular complexity index is 829. The van der Waals surface area contributed by atoms with Crippen LogP contribution < -0.4 is 10.6 Å². The summed E-state index contributed by atoms with van der Waals surface area (Å²) in [7, 11) is 0. The monoisotopic (exact) mass is 341 g/mol. The molecule has 0 aliphatic carbocycles. The van der Waals surface area contributed by atoms with Crippen LogP contribution in [0, 0.1) is 5.82 Å². The molecule has 3 rings (SSSR count). The quantitative estimate of drug-likeness (QED) is 0.613. The fourth-order valence-corrected chi connectivity index (χ4v) is 3.03. The van der Waals surface area contributed by atoms with E-state index in [2.05, 4.69) is 34.7 Å². The smallest absolute Gasteiger partial charge is 0.166 e. The number of H-pyrrole nitrogens is 1. The molecule has 0 spiro atoms. The lowest BCUT2D eigenvalue weighted by Crippen LogP contribution is -2.37. The van der Waals surface area contributed by atoms with E-state index in [1.165, 1.54) is 17.7 Å². The number of aromatic nitrogens is 1. The highest BCUT2D eigenvalue weighted by molar-refractivity contribution is 7.80. The van der Waals surface area contributed by atoms with Crippen LogP contribution in [0.25, 0.3) is 10.9 Å². The molecule has 0 saturated heterocycles. The first-order valence-electron chi connectivity index (χ1n) is 7.98. The molecule has 3 N–H and O–H groups in total. The van der Waals surface area contributed by atoms with Gasteiger partial charge in [0.05, 0.1) is 6.04 Å². The maximum absolute atomic E-state index is 13.2. The molecule has 124 valence electrons. The number of hydrogen-bond donors (Lipinski definition) is 3. The van der Waals surface area contributed by atoms with Gasteiger partial charge in [-0.05, 0) is 54.9 Å². The molecule has 1 heterocycles. The van der Waals surface area contributed by atoms with Gasteiger partial charge in [0.15, 0.2) is 5.11 Å². The molecule has 0 aliphatic heterocycles. The van der Waals surface area contributed by atoms with Crippen LogP contribution in [-0.4, -0.2) is 16.6 Å². The Morgan fingerprint density at radius 1 is 1.21 bits per heavy atom. The van der Waals surface area contributed by atoms with Crippen LogP contribution in [0.3, 0.4) is 0 Å². The second-order valence-electron chi connectivity index (χ2n) is 5.79. The zero-order valence-corrected chi connectivity index (χ0v) is 14.3. The third kappa shape index (κ3) is 3.92. The molecule has 0 saturated carbocycles. The number of nitrogens with one attached hydrogen (secondary N) is 3. The maximum Gasteiger partial charge on any atom is 0.166 e. The zero-order chi connectivity index (χ0) is 16.9. The van der Waals surface area contributed by atoms with Crippen molar-refractivity contribution in [3.8, 4) is 0 Å². The molecule has 0 amide bonds. The molecule has 1 aromatic heterocycles. The van der Waals surface area contributed by atoms with Gasteiger partial charge in [-0.1, -0.05) is 30.3 Å². The van der Waals surface area contributed by atoms with Crippen LogP contribution in [0.4, 0.5) is 4.39 Å². The van der Waals surface area contributed by atoms with Crippen LogP contribution >= 0.6 is 12.2 Å². The summed E-state index contributed by atoms with van der Waals surface area (Å²) in [5.41, 5.74) is 3.17. The predicted molar refractivity (Wildman–Crippen MR) is 101 cm³/mol. The van der Waals surface area contributed by atoms with Gasteiger partial charge in [0.2, 0.25) is 0 Å². The van der Waals surface area contributed by atoms with Gasteiger partial charge in [0, 0.05) is 23.6 Å². The summed E-state index contributed by atoms with van der Waals surface area (Å²) in [6, 6.07) is 15.2. The minimum atomic E-state index is -0.227. The summed E-state index contributed by atoms with van der Waals surface area (Å²) < 4.78 is 13.2. The van der Waals surface area contributed by atoms with Gasteiger partial charge in [0.25, 0.3) is 0 Å². The van der Waals surface area contributed by atoms with E-state index in [9.17, 15) is 4.39 Å². The third-order valence-corrected chi connectivity index (χ3v) is 4.32. The Labute approximate surface area is 146 Å². The molecule has 24 heavy (non-hydrogen) atoms. The van der Waals surface area contributed by atoms with Gasteiger partial charge < -0.3 is 15.6 Å². The van der Waals surface area contributed by atoms with E-state index in [1.807, 2.05) is 30.5 Å². The normalized spacial score (nSPS) is 12.1. The fraction of sp³-hybridized carbons (Fsp3) is 0.211. The predicted octanol–water partition coefficient (Wildman–Crippen LogP) is 4.07. The lowest BCUT2D eigenvalue weighted by Gasteiger charge is -2.17. The van der Waals surface area contributed by atoms with Crippen molar-refractivity contribution in [1.29, 1.82) is 0 Å². The Kier molecular flexibility index (Phi) is 5.11. The number of aromatic amines is 1. The molecule has 3 aromatic rings. The molecule has 3 nitrogen and oxygen atoms in total. The van der Waals surface area contributed by atoms with E-state index in [1.54, 1.807) is 0 Å². The van der Waals surface area contributed by atoms with Crippen molar-refractivity contribution in [1.82, 2.24) is 15.6 Å². The van der Waals surface area contributed by atoms with Crippen molar-refractivity contribution >= 4 is 28.2 Å². The summed E-state index contributed by atoms with van der Waals surface area (Å²) in [5, 5.41) is 8.20. The van der Waals surface area contributed by atoms with Crippen molar-refractivity contribution in [3.05, 3.63) is 71.7 Å². The third-order valence-electron chi connectivity index (χ3n) is 4.06. The van der Waals surface area contributed by atoms with Gasteiger partial charge in [-0.2, -0.15) is 0 Å². The van der Waals surface area contributed by atoms with E-state index < -0.39 is 0 Å². The van der Waals surface area contributed by atoms with Gasteiger partial charge in [-0.3, -0.25) is 0 Å². The van der Waals surface area contributed by atoms with E-state index in [0.29, 0.717) is 5.11 Å². The van der Waals surface area contributed by atoms with Gasteiger partial charge >= 0.3 is 0 Å². The molecule has 0 aliphatic rings. The number of hydrogen-bond acceptors (Lipinski definition) is 1. The number of rotatable bonds is 5. The molecule has 0 radical (unpaired) electrons. The molecule has 0 fully saturated rings. The van der Waals surface area contributed by atoms with Crippen molar-refractivity contribution < 1.29 is 4.39 Å². The Balaban J connectivity index is 1.51. The number of halogens is 1. The Morgan fingerprint density at radius 2 is 2.00 bits per heavy atom. The summed E-state index contributed by atoms with van der Waals surface area (Å²) >= 11 is 5.36. The molecule has 0 bridgehead atoms. The first kappa shape index (κ1) is 16.5. The Morgan fingerprint density at radius 3 is 2.79 bits per heavy atom. The number of thiocarbonyl (C=S) groups is 1. The topological polar surface area (TPSA) is 39.8 Å². The summed E-state index contributed by atoms with van der Waals surface area (Å²) in [4.78, 5) is 3.10. The average molecular weight is 341 g/mol. The van der Waals surface area contributed by atoms with E-state index in [-0.39, 0.29) is 11.9 Å². The SMILES string of the molecule is CC(NC(=S)NCCc1c[nH]c2cc(F)ccc12)c1ccccc1. The first-order chi connectivity index (χ1) is 11.6. The van der Waals surface area contributed by atoms with E-state index in [0.717, 1.165) is 29.4 Å². The van der Waals surface area contributed by atoms with Crippen molar-refractivity contribution in [2.45, 2.75) is 19.4 Å². The minimum absolute atomic E-state index is 0.155. The fourth-order valence-electron chi connectivity index (χ4n) is 2.75. The van der Waals surface area contributed by atoms with Crippen LogP contribution in [0.15, 0.2) is 54.7 Å². The van der Waals surface area contributed by atoms with Crippen LogP contribution in [0.1, 0.15) is 24.1 Å². The largest absolute Gasteiger partial charge is 0.362 e. The molecule has 1 atom stereocenters.